The van der Waals surface area contributed by atoms with Gasteiger partial charge in [-0.1, -0.05) is 0 Å². The first-order valence-corrected chi connectivity index (χ1v) is 3.77. The van der Waals surface area contributed by atoms with E-state index in [0.717, 1.165) is 5.69 Å². The molecule has 1 aromatic rings. The molecule has 0 aliphatic carbocycles. The zero-order chi connectivity index (χ0) is 9.84. The van der Waals surface area contributed by atoms with Gasteiger partial charge in [-0.3, -0.25) is 4.79 Å². The highest BCUT2D eigenvalue weighted by molar-refractivity contribution is 5.82. The van der Waals surface area contributed by atoms with Crippen molar-refractivity contribution in [3.8, 4) is 11.6 Å². The Morgan fingerprint density at radius 3 is 2.54 bits per heavy atom. The molecule has 0 aromatic carbocycles. The average molecular weight is 181 g/mol. The SMILES string of the molecule is COc1cc(C)nc(OC)c1C=O. The van der Waals surface area contributed by atoms with Crippen LogP contribution in [0.15, 0.2) is 6.07 Å². The van der Waals surface area contributed by atoms with E-state index in [0.29, 0.717) is 23.5 Å². The van der Waals surface area contributed by atoms with E-state index in [4.69, 9.17) is 9.47 Å². The normalized spacial score (nSPS) is 9.46. The molecule has 0 spiro atoms. The van der Waals surface area contributed by atoms with Gasteiger partial charge < -0.3 is 9.47 Å². The first-order chi connectivity index (χ1) is 6.22. The molecule has 0 amide bonds. The molecule has 0 aliphatic rings. The first-order valence-electron chi connectivity index (χ1n) is 3.77. The maximum atomic E-state index is 10.7. The number of aromatic nitrogens is 1. The lowest BCUT2D eigenvalue weighted by Crippen LogP contribution is -1.99. The molecule has 1 heterocycles. The van der Waals surface area contributed by atoms with Crippen LogP contribution in [0.4, 0.5) is 0 Å². The standard InChI is InChI=1S/C9H11NO3/c1-6-4-8(12-2)7(5-11)9(10-6)13-3/h4-5H,1-3H3. The summed E-state index contributed by atoms with van der Waals surface area (Å²) in [6.45, 7) is 1.81. The second kappa shape index (κ2) is 3.89. The summed E-state index contributed by atoms with van der Waals surface area (Å²) in [7, 11) is 2.97. The Labute approximate surface area is 76.5 Å². The molecule has 0 saturated heterocycles. The third-order valence-electron chi connectivity index (χ3n) is 1.64. The highest BCUT2D eigenvalue weighted by Crippen LogP contribution is 2.25. The second-order valence-corrected chi connectivity index (χ2v) is 2.51. The number of carbonyl (C=O) groups is 1. The zero-order valence-corrected chi connectivity index (χ0v) is 7.83. The number of pyridine rings is 1. The molecule has 0 saturated carbocycles. The Hall–Kier alpha value is -1.58. The number of carbonyl (C=O) groups excluding carboxylic acids is 1. The quantitative estimate of drug-likeness (QED) is 0.658. The Morgan fingerprint density at radius 2 is 2.08 bits per heavy atom. The largest absolute Gasteiger partial charge is 0.496 e. The average Bonchev–Trinajstić information content (AvgIpc) is 2.16. The molecule has 0 aliphatic heterocycles. The molecule has 1 rings (SSSR count). The van der Waals surface area contributed by atoms with Gasteiger partial charge in [-0.2, -0.15) is 0 Å². The first kappa shape index (κ1) is 9.51. The number of aryl methyl sites for hydroxylation is 1. The summed E-state index contributed by atoms with van der Waals surface area (Å²) >= 11 is 0. The van der Waals surface area contributed by atoms with E-state index in [1.54, 1.807) is 13.0 Å². The number of hydrogen-bond acceptors (Lipinski definition) is 4. The number of rotatable bonds is 3. The van der Waals surface area contributed by atoms with Gasteiger partial charge >= 0.3 is 0 Å². The molecule has 0 radical (unpaired) electrons. The number of ether oxygens (including phenoxy) is 2. The van der Waals surface area contributed by atoms with Gasteiger partial charge in [0.05, 0.1) is 14.2 Å². The van der Waals surface area contributed by atoms with Crippen molar-refractivity contribution in [2.24, 2.45) is 0 Å². The molecular weight excluding hydrogens is 170 g/mol. The minimum atomic E-state index is 0.298. The number of aldehydes is 1. The van der Waals surface area contributed by atoms with Crippen LogP contribution in [0.5, 0.6) is 11.6 Å². The summed E-state index contributed by atoms with van der Waals surface area (Å²) in [5.41, 5.74) is 1.09. The maximum Gasteiger partial charge on any atom is 0.227 e. The predicted molar refractivity (Wildman–Crippen MR) is 47.5 cm³/mol. The Morgan fingerprint density at radius 1 is 1.38 bits per heavy atom. The molecular formula is C9H11NO3. The van der Waals surface area contributed by atoms with Gasteiger partial charge in [0, 0.05) is 11.8 Å². The van der Waals surface area contributed by atoms with E-state index in [1.165, 1.54) is 14.2 Å². The van der Waals surface area contributed by atoms with Crippen molar-refractivity contribution in [3.63, 3.8) is 0 Å². The highest BCUT2D eigenvalue weighted by atomic mass is 16.5. The van der Waals surface area contributed by atoms with E-state index >= 15 is 0 Å². The van der Waals surface area contributed by atoms with E-state index < -0.39 is 0 Å². The second-order valence-electron chi connectivity index (χ2n) is 2.51. The third kappa shape index (κ3) is 1.77. The van der Waals surface area contributed by atoms with Crippen molar-refractivity contribution in [1.82, 2.24) is 4.98 Å². The number of hydrogen-bond donors (Lipinski definition) is 0. The smallest absolute Gasteiger partial charge is 0.227 e. The maximum absolute atomic E-state index is 10.7. The highest BCUT2D eigenvalue weighted by Gasteiger charge is 2.11. The summed E-state index contributed by atoms with van der Waals surface area (Å²) in [6.07, 6.45) is 0.671. The van der Waals surface area contributed by atoms with Crippen LogP contribution in [0.1, 0.15) is 16.1 Å². The molecule has 0 atom stereocenters. The Kier molecular flexibility index (Phi) is 2.84. The zero-order valence-electron chi connectivity index (χ0n) is 7.83. The van der Waals surface area contributed by atoms with Crippen LogP contribution in [-0.2, 0) is 0 Å². The van der Waals surface area contributed by atoms with Crippen molar-refractivity contribution in [2.75, 3.05) is 14.2 Å². The molecule has 0 unspecified atom stereocenters. The van der Waals surface area contributed by atoms with Crippen LogP contribution in [0.3, 0.4) is 0 Å². The van der Waals surface area contributed by atoms with Gasteiger partial charge in [0.25, 0.3) is 0 Å². The molecule has 0 fully saturated rings. The van der Waals surface area contributed by atoms with E-state index in [2.05, 4.69) is 4.98 Å². The molecule has 0 bridgehead atoms. The lowest BCUT2D eigenvalue weighted by molar-refractivity contribution is 0.111. The predicted octanol–water partition coefficient (Wildman–Crippen LogP) is 1.22. The van der Waals surface area contributed by atoms with Crippen molar-refractivity contribution < 1.29 is 14.3 Å². The van der Waals surface area contributed by atoms with E-state index in [-0.39, 0.29) is 0 Å². The van der Waals surface area contributed by atoms with Crippen LogP contribution in [0, 0.1) is 6.92 Å². The van der Waals surface area contributed by atoms with Crippen LogP contribution in [0.25, 0.3) is 0 Å². The van der Waals surface area contributed by atoms with Crippen molar-refractivity contribution in [3.05, 3.63) is 17.3 Å². The topological polar surface area (TPSA) is 48.4 Å². The summed E-state index contributed by atoms with van der Waals surface area (Å²) < 4.78 is 9.95. The Bertz CT molecular complexity index is 298. The van der Waals surface area contributed by atoms with E-state index in [1.807, 2.05) is 0 Å². The van der Waals surface area contributed by atoms with E-state index in [9.17, 15) is 4.79 Å². The lowest BCUT2D eigenvalue weighted by atomic mass is 10.2. The number of nitrogens with zero attached hydrogens (tertiary/aromatic N) is 1. The molecule has 4 nitrogen and oxygen atoms in total. The van der Waals surface area contributed by atoms with Crippen LogP contribution >= 0.6 is 0 Å². The molecule has 0 N–H and O–H groups in total. The van der Waals surface area contributed by atoms with Gasteiger partial charge in [0.15, 0.2) is 6.29 Å². The lowest BCUT2D eigenvalue weighted by Gasteiger charge is -2.08. The Balaban J connectivity index is 3.33. The molecule has 1 aromatic heterocycles. The van der Waals surface area contributed by atoms with Crippen LogP contribution < -0.4 is 9.47 Å². The van der Waals surface area contributed by atoms with Gasteiger partial charge in [0.2, 0.25) is 5.88 Å². The molecule has 70 valence electrons. The van der Waals surface area contributed by atoms with Crippen molar-refractivity contribution >= 4 is 6.29 Å². The number of methoxy groups -OCH3 is 2. The van der Waals surface area contributed by atoms with Crippen LogP contribution in [-0.4, -0.2) is 25.5 Å². The minimum Gasteiger partial charge on any atom is -0.496 e. The molecule has 4 heteroatoms. The van der Waals surface area contributed by atoms with Gasteiger partial charge in [-0.25, -0.2) is 4.98 Å². The third-order valence-corrected chi connectivity index (χ3v) is 1.64. The fraction of sp³-hybridized carbons (Fsp3) is 0.333. The monoisotopic (exact) mass is 181 g/mol. The van der Waals surface area contributed by atoms with Crippen LogP contribution in [0.2, 0.25) is 0 Å². The minimum absolute atomic E-state index is 0.298. The van der Waals surface area contributed by atoms with Gasteiger partial charge in [-0.15, -0.1) is 0 Å². The fourth-order valence-electron chi connectivity index (χ4n) is 1.06. The summed E-state index contributed by atoms with van der Waals surface area (Å²) in [5, 5.41) is 0. The van der Waals surface area contributed by atoms with Crippen molar-refractivity contribution in [1.29, 1.82) is 0 Å². The summed E-state index contributed by atoms with van der Waals surface area (Å²) in [6, 6.07) is 1.69. The summed E-state index contributed by atoms with van der Waals surface area (Å²) in [5.74, 6) is 0.784. The fourth-order valence-corrected chi connectivity index (χ4v) is 1.06. The van der Waals surface area contributed by atoms with Gasteiger partial charge in [0.1, 0.15) is 11.3 Å². The van der Waals surface area contributed by atoms with Gasteiger partial charge in [-0.05, 0) is 6.92 Å². The summed E-state index contributed by atoms with van der Waals surface area (Å²) in [4.78, 5) is 14.7. The van der Waals surface area contributed by atoms with Crippen molar-refractivity contribution in [2.45, 2.75) is 6.92 Å². The molecule has 13 heavy (non-hydrogen) atoms.